The first-order valence-electron chi connectivity index (χ1n) is 5.47. The second kappa shape index (κ2) is 7.58. The summed E-state index contributed by atoms with van der Waals surface area (Å²) in [6, 6.07) is 7.78. The van der Waals surface area contributed by atoms with E-state index >= 15 is 0 Å². The Bertz CT molecular complexity index is 712. The second-order valence-corrected chi connectivity index (χ2v) is 4.62. The Hall–Kier alpha value is -2.16. The van der Waals surface area contributed by atoms with Crippen LogP contribution in [0.2, 0.25) is 10.0 Å². The summed E-state index contributed by atoms with van der Waals surface area (Å²) in [7, 11) is 0. The molecular weight excluding hydrogens is 319 g/mol. The van der Waals surface area contributed by atoms with E-state index in [0.717, 1.165) is 0 Å². The summed E-state index contributed by atoms with van der Waals surface area (Å²) >= 11 is 11.0. The van der Waals surface area contributed by atoms with Gasteiger partial charge in [0.15, 0.2) is 0 Å². The number of nitrogen functional groups attached to an aromatic ring is 1. The summed E-state index contributed by atoms with van der Waals surface area (Å²) in [5.74, 6) is -1.37. The van der Waals surface area contributed by atoms with Gasteiger partial charge in [0, 0.05) is 10.0 Å². The predicted octanol–water partition coefficient (Wildman–Crippen LogP) is 4.79. The molecule has 0 saturated carbocycles. The standard InChI is InChI=1S/C7H6ClFN2.C7H3ClFN/c8-4-1-2-6(9)5(3-4)7(10)11;1-10-7-4-5(8)2-3-6(7)9/h1-3H,(H3,10,11);2-4H. The highest BCUT2D eigenvalue weighted by molar-refractivity contribution is 6.31. The van der Waals surface area contributed by atoms with Gasteiger partial charge < -0.3 is 5.73 Å². The van der Waals surface area contributed by atoms with Crippen LogP contribution in [0, 0.1) is 23.6 Å². The molecule has 0 radical (unpaired) electrons. The molecule has 0 heterocycles. The van der Waals surface area contributed by atoms with Crippen molar-refractivity contribution in [2.75, 3.05) is 0 Å². The number of nitrogens with two attached hydrogens (primary N) is 1. The average Bonchev–Trinajstić information content (AvgIpc) is 2.44. The summed E-state index contributed by atoms with van der Waals surface area (Å²) in [5.41, 5.74) is 5.07. The molecule has 0 aromatic heterocycles. The summed E-state index contributed by atoms with van der Waals surface area (Å²) in [5, 5.41) is 7.71. The highest BCUT2D eigenvalue weighted by Gasteiger charge is 2.04. The van der Waals surface area contributed by atoms with Crippen molar-refractivity contribution in [3.63, 3.8) is 0 Å². The molecule has 3 nitrogen and oxygen atoms in total. The van der Waals surface area contributed by atoms with Gasteiger partial charge in [-0.15, -0.1) is 0 Å². The number of nitrogens with zero attached hydrogens (tertiary/aromatic N) is 1. The molecule has 0 aliphatic rings. The number of halogens is 4. The Labute approximate surface area is 130 Å². The molecule has 0 saturated heterocycles. The Morgan fingerprint density at radius 3 is 2.00 bits per heavy atom. The number of nitrogens with one attached hydrogen (secondary N) is 1. The van der Waals surface area contributed by atoms with Gasteiger partial charge in [0.25, 0.3) is 0 Å². The van der Waals surface area contributed by atoms with E-state index in [1.54, 1.807) is 0 Å². The smallest absolute Gasteiger partial charge is 0.223 e. The van der Waals surface area contributed by atoms with E-state index in [2.05, 4.69) is 4.85 Å². The van der Waals surface area contributed by atoms with Gasteiger partial charge in [0.2, 0.25) is 5.69 Å². The minimum absolute atomic E-state index is 0.0347. The molecule has 0 spiro atoms. The maximum absolute atomic E-state index is 12.7. The molecule has 21 heavy (non-hydrogen) atoms. The van der Waals surface area contributed by atoms with Crippen molar-refractivity contribution in [3.05, 3.63) is 75.1 Å². The lowest BCUT2D eigenvalue weighted by Crippen LogP contribution is -2.12. The third kappa shape index (κ3) is 5.03. The Morgan fingerprint density at radius 1 is 1.05 bits per heavy atom. The number of hydrogen-bond donors (Lipinski definition) is 2. The Morgan fingerprint density at radius 2 is 1.57 bits per heavy atom. The zero-order valence-corrected chi connectivity index (χ0v) is 12.0. The molecule has 0 bridgehead atoms. The highest BCUT2D eigenvalue weighted by Crippen LogP contribution is 2.21. The van der Waals surface area contributed by atoms with Gasteiger partial charge >= 0.3 is 0 Å². The Balaban J connectivity index is 0.000000211. The molecular formula is C14H9Cl2F2N3. The van der Waals surface area contributed by atoms with E-state index in [1.807, 2.05) is 0 Å². The van der Waals surface area contributed by atoms with Crippen molar-refractivity contribution in [2.45, 2.75) is 0 Å². The third-order valence-electron chi connectivity index (χ3n) is 2.25. The van der Waals surface area contributed by atoms with Crippen LogP contribution in [-0.4, -0.2) is 5.84 Å². The van der Waals surface area contributed by atoms with Crippen LogP contribution in [0.25, 0.3) is 4.85 Å². The van der Waals surface area contributed by atoms with Crippen LogP contribution in [0.3, 0.4) is 0 Å². The lowest BCUT2D eigenvalue weighted by Gasteiger charge is -1.99. The molecule has 2 aromatic rings. The minimum Gasteiger partial charge on any atom is -0.384 e. The van der Waals surface area contributed by atoms with Crippen molar-refractivity contribution < 1.29 is 8.78 Å². The molecule has 0 amide bonds. The van der Waals surface area contributed by atoms with Crippen LogP contribution in [0.1, 0.15) is 5.56 Å². The molecule has 7 heteroatoms. The van der Waals surface area contributed by atoms with Crippen LogP contribution in [-0.2, 0) is 0 Å². The molecule has 108 valence electrons. The SMILES string of the molecule is N=C(N)c1cc(Cl)ccc1F.[C-]#[N+]c1cc(Cl)ccc1F. The summed E-state index contributed by atoms with van der Waals surface area (Å²) in [6.07, 6.45) is 0. The average molecular weight is 328 g/mol. The number of amidine groups is 1. The van der Waals surface area contributed by atoms with E-state index < -0.39 is 11.6 Å². The quantitative estimate of drug-likeness (QED) is 0.441. The fraction of sp³-hybridized carbons (Fsp3) is 0. The summed E-state index contributed by atoms with van der Waals surface area (Å²) in [4.78, 5) is 2.92. The van der Waals surface area contributed by atoms with Gasteiger partial charge in [-0.2, -0.15) is 0 Å². The third-order valence-corrected chi connectivity index (χ3v) is 2.72. The lowest BCUT2D eigenvalue weighted by atomic mass is 10.2. The summed E-state index contributed by atoms with van der Waals surface area (Å²) in [6.45, 7) is 6.51. The van der Waals surface area contributed by atoms with Gasteiger partial charge in [0.05, 0.1) is 12.1 Å². The minimum atomic E-state index is -0.528. The summed E-state index contributed by atoms with van der Waals surface area (Å²) < 4.78 is 25.2. The highest BCUT2D eigenvalue weighted by atomic mass is 35.5. The van der Waals surface area contributed by atoms with Crippen molar-refractivity contribution >= 4 is 34.7 Å². The maximum Gasteiger partial charge on any atom is 0.223 e. The molecule has 0 aliphatic carbocycles. The maximum atomic E-state index is 12.7. The zero-order chi connectivity index (χ0) is 16.0. The first-order valence-corrected chi connectivity index (χ1v) is 6.22. The van der Waals surface area contributed by atoms with Crippen molar-refractivity contribution in [3.8, 4) is 0 Å². The van der Waals surface area contributed by atoms with Gasteiger partial charge in [0.1, 0.15) is 17.5 Å². The number of hydrogen-bond acceptors (Lipinski definition) is 1. The topological polar surface area (TPSA) is 54.2 Å². The number of rotatable bonds is 1. The van der Waals surface area contributed by atoms with Crippen molar-refractivity contribution in [1.82, 2.24) is 0 Å². The van der Waals surface area contributed by atoms with Crippen LogP contribution in [0.5, 0.6) is 0 Å². The fourth-order valence-corrected chi connectivity index (χ4v) is 1.61. The molecule has 0 fully saturated rings. The van der Waals surface area contributed by atoms with Crippen molar-refractivity contribution in [2.24, 2.45) is 5.73 Å². The van der Waals surface area contributed by atoms with Crippen molar-refractivity contribution in [1.29, 1.82) is 5.41 Å². The second-order valence-electron chi connectivity index (χ2n) is 3.75. The van der Waals surface area contributed by atoms with Crippen LogP contribution in [0.4, 0.5) is 14.5 Å². The zero-order valence-electron chi connectivity index (χ0n) is 10.5. The Kier molecular flexibility index (Phi) is 6.10. The fourth-order valence-electron chi connectivity index (χ4n) is 1.28. The van der Waals surface area contributed by atoms with Gasteiger partial charge in [-0.1, -0.05) is 23.2 Å². The van der Waals surface area contributed by atoms with Crippen LogP contribution < -0.4 is 5.73 Å². The van der Waals surface area contributed by atoms with Gasteiger partial charge in [-0.3, -0.25) is 5.41 Å². The van der Waals surface area contributed by atoms with E-state index in [4.69, 9.17) is 40.9 Å². The largest absolute Gasteiger partial charge is 0.384 e. The first-order chi connectivity index (χ1) is 9.85. The van der Waals surface area contributed by atoms with Crippen LogP contribution >= 0.6 is 23.2 Å². The van der Waals surface area contributed by atoms with E-state index in [1.165, 1.54) is 36.4 Å². The molecule has 0 aliphatic heterocycles. The lowest BCUT2D eigenvalue weighted by molar-refractivity contribution is 0.625. The molecule has 2 aromatic carbocycles. The monoisotopic (exact) mass is 327 g/mol. The molecule has 2 rings (SSSR count). The predicted molar refractivity (Wildman–Crippen MR) is 80.1 cm³/mol. The normalized spacial score (nSPS) is 9.29. The molecule has 0 atom stereocenters. The van der Waals surface area contributed by atoms with Gasteiger partial charge in [-0.25, -0.2) is 13.6 Å². The number of benzene rings is 2. The van der Waals surface area contributed by atoms with E-state index in [0.29, 0.717) is 10.0 Å². The molecule has 0 unspecified atom stereocenters. The van der Waals surface area contributed by atoms with Gasteiger partial charge in [-0.05, 0) is 36.4 Å². The van der Waals surface area contributed by atoms with E-state index in [-0.39, 0.29) is 17.1 Å². The van der Waals surface area contributed by atoms with Crippen LogP contribution in [0.15, 0.2) is 36.4 Å². The van der Waals surface area contributed by atoms with E-state index in [9.17, 15) is 8.78 Å². The molecule has 3 N–H and O–H groups in total. The first kappa shape index (κ1) is 16.9.